The number of halogens is 1. The summed E-state index contributed by atoms with van der Waals surface area (Å²) < 4.78 is 21.2. The number of methoxy groups -OCH3 is 2. The summed E-state index contributed by atoms with van der Waals surface area (Å²) in [6, 6.07) is 10.3. The number of anilines is 1. The topological polar surface area (TPSA) is 86.7 Å². The standard InChI is InChI=1S/C24H25ClN2O6S/c1-5-32-20-9-7-15(12-21(20)31-4)11-18-23(29)27(16-8-10-19(30-3)17(25)13-16)24(26-18)34-14-22(28)33-6-2/h7-13H,5-6,14H2,1-4H3/b18-11+. The van der Waals surface area contributed by atoms with Crippen LogP contribution in [-0.2, 0) is 14.3 Å². The molecule has 2 aromatic carbocycles. The Morgan fingerprint density at radius 1 is 1.06 bits per heavy atom. The van der Waals surface area contributed by atoms with Crippen LogP contribution in [0.3, 0.4) is 0 Å². The Morgan fingerprint density at radius 2 is 1.79 bits per heavy atom. The number of ether oxygens (including phenoxy) is 4. The van der Waals surface area contributed by atoms with Crippen LogP contribution in [0.2, 0.25) is 5.02 Å². The Bertz CT molecular complexity index is 1130. The van der Waals surface area contributed by atoms with Crippen molar-refractivity contribution in [1.29, 1.82) is 0 Å². The van der Waals surface area contributed by atoms with Crippen LogP contribution in [0, 0.1) is 0 Å². The summed E-state index contributed by atoms with van der Waals surface area (Å²) in [6.07, 6.45) is 1.65. The van der Waals surface area contributed by atoms with Crippen molar-refractivity contribution in [2.45, 2.75) is 13.8 Å². The lowest BCUT2D eigenvalue weighted by atomic mass is 10.1. The van der Waals surface area contributed by atoms with E-state index in [1.54, 1.807) is 50.4 Å². The van der Waals surface area contributed by atoms with Gasteiger partial charge < -0.3 is 18.9 Å². The second kappa shape index (κ2) is 11.8. The number of thioether (sulfide) groups is 1. The van der Waals surface area contributed by atoms with Crippen molar-refractivity contribution in [3.8, 4) is 17.2 Å². The fraction of sp³-hybridized carbons (Fsp3) is 0.292. The lowest BCUT2D eigenvalue weighted by Gasteiger charge is -2.18. The summed E-state index contributed by atoms with van der Waals surface area (Å²) in [6.45, 7) is 4.39. The van der Waals surface area contributed by atoms with Gasteiger partial charge in [0.15, 0.2) is 16.7 Å². The number of esters is 1. The van der Waals surface area contributed by atoms with Crippen LogP contribution in [0.1, 0.15) is 19.4 Å². The van der Waals surface area contributed by atoms with Crippen LogP contribution < -0.4 is 19.1 Å². The molecule has 0 atom stereocenters. The minimum absolute atomic E-state index is 0.00446. The first-order chi connectivity index (χ1) is 16.4. The van der Waals surface area contributed by atoms with Gasteiger partial charge in [-0.1, -0.05) is 29.4 Å². The van der Waals surface area contributed by atoms with Crippen molar-refractivity contribution >= 4 is 52.2 Å². The van der Waals surface area contributed by atoms with Gasteiger partial charge >= 0.3 is 5.97 Å². The van der Waals surface area contributed by atoms with Gasteiger partial charge in [-0.2, -0.15) is 0 Å². The SMILES string of the molecule is CCOC(=O)CSC1=N/C(=C/c2ccc(OCC)c(OC)c2)C(=O)N1c1ccc(OC)c(Cl)c1. The Morgan fingerprint density at radius 3 is 2.44 bits per heavy atom. The number of carbonyl (C=O) groups is 2. The van der Waals surface area contributed by atoms with E-state index in [0.717, 1.165) is 11.8 Å². The van der Waals surface area contributed by atoms with Gasteiger partial charge in [-0.15, -0.1) is 0 Å². The van der Waals surface area contributed by atoms with Gasteiger partial charge in [0.05, 0.1) is 43.9 Å². The average Bonchev–Trinajstić information content (AvgIpc) is 3.13. The highest BCUT2D eigenvalue weighted by Crippen LogP contribution is 2.35. The molecule has 0 aromatic heterocycles. The molecule has 180 valence electrons. The number of amidine groups is 1. The third kappa shape index (κ3) is 5.84. The van der Waals surface area contributed by atoms with Gasteiger partial charge in [-0.3, -0.25) is 14.5 Å². The van der Waals surface area contributed by atoms with Gasteiger partial charge in [0, 0.05) is 0 Å². The molecule has 1 aliphatic rings. The molecule has 1 aliphatic heterocycles. The molecule has 34 heavy (non-hydrogen) atoms. The molecule has 0 unspecified atom stereocenters. The molecule has 3 rings (SSSR count). The third-order valence-corrected chi connectivity index (χ3v) is 5.85. The largest absolute Gasteiger partial charge is 0.495 e. The number of hydrogen-bond acceptors (Lipinski definition) is 8. The highest BCUT2D eigenvalue weighted by Gasteiger charge is 2.33. The van der Waals surface area contributed by atoms with Crippen molar-refractivity contribution in [3.63, 3.8) is 0 Å². The van der Waals surface area contributed by atoms with Crippen LogP contribution >= 0.6 is 23.4 Å². The lowest BCUT2D eigenvalue weighted by Crippen LogP contribution is -2.31. The molecular formula is C24H25ClN2O6S. The molecule has 0 N–H and O–H groups in total. The summed E-state index contributed by atoms with van der Waals surface area (Å²) in [5.74, 6) is 0.871. The van der Waals surface area contributed by atoms with Gasteiger partial charge in [-0.05, 0) is 55.8 Å². The van der Waals surface area contributed by atoms with Crippen molar-refractivity contribution < 1.29 is 28.5 Å². The normalized spacial score (nSPS) is 14.3. The molecule has 8 nitrogen and oxygen atoms in total. The van der Waals surface area contributed by atoms with E-state index >= 15 is 0 Å². The fourth-order valence-electron chi connectivity index (χ4n) is 3.15. The Balaban J connectivity index is 1.97. The van der Waals surface area contributed by atoms with Crippen LogP contribution in [0.4, 0.5) is 5.69 Å². The second-order valence-corrected chi connectivity index (χ2v) is 8.17. The van der Waals surface area contributed by atoms with Crippen LogP contribution in [0.5, 0.6) is 17.2 Å². The molecule has 0 saturated heterocycles. The van der Waals surface area contributed by atoms with Gasteiger partial charge in [-0.25, -0.2) is 4.99 Å². The molecule has 0 radical (unpaired) electrons. The third-order valence-electron chi connectivity index (χ3n) is 4.64. The zero-order chi connectivity index (χ0) is 24.7. The van der Waals surface area contributed by atoms with E-state index < -0.39 is 5.97 Å². The second-order valence-electron chi connectivity index (χ2n) is 6.82. The fourth-order valence-corrected chi connectivity index (χ4v) is 4.21. The van der Waals surface area contributed by atoms with Crippen LogP contribution in [-0.4, -0.2) is 50.2 Å². The molecule has 1 heterocycles. The van der Waals surface area contributed by atoms with E-state index in [0.29, 0.717) is 45.3 Å². The molecule has 1 amide bonds. The van der Waals surface area contributed by atoms with E-state index in [1.807, 2.05) is 13.0 Å². The Hall–Kier alpha value is -3.17. The molecule has 0 spiro atoms. The maximum absolute atomic E-state index is 13.4. The molecule has 2 aromatic rings. The number of carbonyl (C=O) groups excluding carboxylic acids is 2. The monoisotopic (exact) mass is 504 g/mol. The first kappa shape index (κ1) is 25.5. The molecule has 0 fully saturated rings. The highest BCUT2D eigenvalue weighted by molar-refractivity contribution is 8.14. The van der Waals surface area contributed by atoms with Gasteiger partial charge in [0.1, 0.15) is 11.4 Å². The molecular weight excluding hydrogens is 480 g/mol. The summed E-state index contributed by atoms with van der Waals surface area (Å²) in [5.41, 5.74) is 1.40. The maximum Gasteiger partial charge on any atom is 0.316 e. The first-order valence-corrected chi connectivity index (χ1v) is 11.9. The number of nitrogens with zero attached hydrogens (tertiary/aromatic N) is 2. The van der Waals surface area contributed by atoms with Gasteiger partial charge in [0.2, 0.25) is 0 Å². The van der Waals surface area contributed by atoms with E-state index in [1.165, 1.54) is 12.0 Å². The van der Waals surface area contributed by atoms with Crippen LogP contribution in [0.15, 0.2) is 47.1 Å². The maximum atomic E-state index is 13.4. The van der Waals surface area contributed by atoms with Crippen molar-refractivity contribution in [2.75, 3.05) is 38.1 Å². The predicted molar refractivity (Wildman–Crippen MR) is 134 cm³/mol. The van der Waals surface area contributed by atoms with E-state index in [4.69, 9.17) is 30.5 Å². The highest BCUT2D eigenvalue weighted by atomic mass is 35.5. The molecule has 0 aliphatic carbocycles. The number of amides is 1. The number of rotatable bonds is 9. The predicted octanol–water partition coefficient (Wildman–Crippen LogP) is 4.80. The Labute approximate surface area is 207 Å². The van der Waals surface area contributed by atoms with E-state index in [-0.39, 0.29) is 24.0 Å². The number of hydrogen-bond donors (Lipinski definition) is 0. The summed E-state index contributed by atoms with van der Waals surface area (Å²) in [4.78, 5) is 31.2. The molecule has 0 saturated carbocycles. The van der Waals surface area contributed by atoms with Crippen molar-refractivity contribution in [1.82, 2.24) is 0 Å². The summed E-state index contributed by atoms with van der Waals surface area (Å²) in [5, 5.41) is 0.680. The zero-order valence-corrected chi connectivity index (χ0v) is 20.9. The summed E-state index contributed by atoms with van der Waals surface area (Å²) >= 11 is 7.39. The van der Waals surface area contributed by atoms with Crippen LogP contribution in [0.25, 0.3) is 6.08 Å². The first-order valence-electron chi connectivity index (χ1n) is 10.5. The van der Waals surface area contributed by atoms with E-state index in [9.17, 15) is 9.59 Å². The quantitative estimate of drug-likeness (QED) is 0.358. The minimum Gasteiger partial charge on any atom is -0.495 e. The lowest BCUT2D eigenvalue weighted by molar-refractivity contribution is -0.139. The van der Waals surface area contributed by atoms with Gasteiger partial charge in [0.25, 0.3) is 5.91 Å². The molecule has 0 bridgehead atoms. The minimum atomic E-state index is -0.399. The van der Waals surface area contributed by atoms with Crippen molar-refractivity contribution in [2.24, 2.45) is 4.99 Å². The smallest absolute Gasteiger partial charge is 0.316 e. The average molecular weight is 505 g/mol. The number of aliphatic imine (C=N–C) groups is 1. The Kier molecular flexibility index (Phi) is 8.84. The molecule has 10 heteroatoms. The summed E-state index contributed by atoms with van der Waals surface area (Å²) in [7, 11) is 3.06. The van der Waals surface area contributed by atoms with E-state index in [2.05, 4.69) is 4.99 Å². The zero-order valence-electron chi connectivity index (χ0n) is 19.3. The number of benzene rings is 2. The van der Waals surface area contributed by atoms with Crippen molar-refractivity contribution in [3.05, 3.63) is 52.7 Å².